The Kier molecular flexibility index (Phi) is 5.06. The molecular weight excluding hydrogens is 333 g/mol. The molecule has 5 nitrogen and oxygen atoms in total. The summed E-state index contributed by atoms with van der Waals surface area (Å²) >= 11 is 1.23. The molecule has 1 N–H and O–H groups in total. The molecule has 1 aliphatic rings. The van der Waals surface area contributed by atoms with Gasteiger partial charge in [-0.25, -0.2) is 4.57 Å². The molecule has 2 aromatic rings. The lowest BCUT2D eigenvalue weighted by Crippen LogP contribution is -2.32. The van der Waals surface area contributed by atoms with Crippen LogP contribution in [0.4, 0.5) is 0 Å². The second-order valence-electron chi connectivity index (χ2n) is 4.94. The Morgan fingerprint density at radius 3 is 1.91 bits per heavy atom. The van der Waals surface area contributed by atoms with E-state index in [4.69, 9.17) is 9.05 Å². The molecule has 1 atom stereocenters. The summed E-state index contributed by atoms with van der Waals surface area (Å²) < 4.78 is 24.3. The maximum atomic E-state index is 13.1. The van der Waals surface area contributed by atoms with Gasteiger partial charge < -0.3 is 9.05 Å². The quantitative estimate of drug-likeness (QED) is 0.799. The topological polar surface area (TPSA) is 64.6 Å². The van der Waals surface area contributed by atoms with Crippen LogP contribution < -0.4 is 14.1 Å². The maximum absolute atomic E-state index is 13.1. The molecule has 23 heavy (non-hydrogen) atoms. The molecule has 0 aromatic heterocycles. The predicted octanol–water partition coefficient (Wildman–Crippen LogP) is 3.87. The van der Waals surface area contributed by atoms with Crippen LogP contribution in [0.15, 0.2) is 60.7 Å². The SMILES string of the molecule is O=C1SCC[C@@H]1NP(=O)(Oc1ccccc1)Oc1ccccc1. The van der Waals surface area contributed by atoms with Crippen LogP contribution in [0.5, 0.6) is 11.5 Å². The number of carbonyl (C=O) groups is 1. The Morgan fingerprint density at radius 1 is 0.957 bits per heavy atom. The fourth-order valence-corrected chi connectivity index (χ4v) is 4.70. The molecule has 1 saturated heterocycles. The second-order valence-corrected chi connectivity index (χ2v) is 7.66. The van der Waals surface area contributed by atoms with Crippen molar-refractivity contribution in [2.24, 2.45) is 0 Å². The average molecular weight is 349 g/mol. The first-order valence-electron chi connectivity index (χ1n) is 7.18. The largest absolute Gasteiger partial charge is 0.513 e. The third-order valence-electron chi connectivity index (χ3n) is 3.19. The van der Waals surface area contributed by atoms with Crippen LogP contribution in [-0.4, -0.2) is 16.9 Å². The van der Waals surface area contributed by atoms with Gasteiger partial charge in [-0.3, -0.25) is 4.79 Å². The van der Waals surface area contributed by atoms with Crippen molar-refractivity contribution < 1.29 is 18.4 Å². The highest BCUT2D eigenvalue weighted by Crippen LogP contribution is 2.46. The van der Waals surface area contributed by atoms with Gasteiger partial charge in [0, 0.05) is 5.75 Å². The van der Waals surface area contributed by atoms with E-state index in [1.54, 1.807) is 48.5 Å². The maximum Gasteiger partial charge on any atom is 0.513 e. The molecule has 0 spiro atoms. The summed E-state index contributed by atoms with van der Waals surface area (Å²) in [6.07, 6.45) is 0.601. The van der Waals surface area contributed by atoms with Crippen molar-refractivity contribution in [1.82, 2.24) is 5.09 Å². The zero-order valence-corrected chi connectivity index (χ0v) is 14.0. The van der Waals surface area contributed by atoms with Gasteiger partial charge in [0.15, 0.2) is 0 Å². The zero-order chi connectivity index (χ0) is 16.1. The van der Waals surface area contributed by atoms with Gasteiger partial charge in [-0.2, -0.15) is 5.09 Å². The third-order valence-corrected chi connectivity index (χ3v) is 5.73. The first-order chi connectivity index (χ1) is 11.1. The molecule has 7 heteroatoms. The Balaban J connectivity index is 1.82. The van der Waals surface area contributed by atoms with E-state index in [2.05, 4.69) is 5.09 Å². The van der Waals surface area contributed by atoms with Crippen LogP contribution in [0.25, 0.3) is 0 Å². The zero-order valence-electron chi connectivity index (χ0n) is 12.3. The van der Waals surface area contributed by atoms with Crippen molar-refractivity contribution in [2.45, 2.75) is 12.5 Å². The van der Waals surface area contributed by atoms with E-state index in [1.165, 1.54) is 11.8 Å². The number of thioether (sulfide) groups is 1. The smallest absolute Gasteiger partial charge is 0.405 e. The minimum Gasteiger partial charge on any atom is -0.405 e. The fraction of sp³-hybridized carbons (Fsp3) is 0.188. The number of carbonyl (C=O) groups excluding carboxylic acids is 1. The van der Waals surface area contributed by atoms with Gasteiger partial charge in [0.25, 0.3) is 0 Å². The molecule has 3 rings (SSSR count). The first-order valence-corrected chi connectivity index (χ1v) is 9.71. The van der Waals surface area contributed by atoms with E-state index in [-0.39, 0.29) is 5.12 Å². The number of benzene rings is 2. The monoisotopic (exact) mass is 349 g/mol. The van der Waals surface area contributed by atoms with Crippen LogP contribution in [0.2, 0.25) is 0 Å². The summed E-state index contributed by atoms with van der Waals surface area (Å²) in [4.78, 5) is 11.8. The normalized spacial score (nSPS) is 17.9. The fourth-order valence-electron chi connectivity index (χ4n) is 2.12. The summed E-state index contributed by atoms with van der Waals surface area (Å²) in [6.45, 7) is 0. The van der Waals surface area contributed by atoms with Crippen molar-refractivity contribution >= 4 is 24.6 Å². The molecule has 1 heterocycles. The Hall–Kier alpha value is -1.75. The first kappa shape index (κ1) is 16.1. The van der Waals surface area contributed by atoms with E-state index < -0.39 is 13.8 Å². The third kappa shape index (κ3) is 4.38. The van der Waals surface area contributed by atoms with Gasteiger partial charge in [0.2, 0.25) is 5.12 Å². The molecule has 0 bridgehead atoms. The van der Waals surface area contributed by atoms with Gasteiger partial charge >= 0.3 is 7.75 Å². The number of rotatable bonds is 6. The van der Waals surface area contributed by atoms with E-state index >= 15 is 0 Å². The summed E-state index contributed by atoms with van der Waals surface area (Å²) in [7, 11) is -3.73. The molecule has 0 amide bonds. The lowest BCUT2D eigenvalue weighted by molar-refractivity contribution is -0.112. The van der Waals surface area contributed by atoms with E-state index in [0.717, 1.165) is 0 Å². The number of hydrogen-bond donors (Lipinski definition) is 1. The molecule has 1 aliphatic heterocycles. The van der Waals surface area contributed by atoms with E-state index in [0.29, 0.717) is 23.7 Å². The number of para-hydroxylation sites is 2. The minimum absolute atomic E-state index is 0.0430. The highest BCUT2D eigenvalue weighted by Gasteiger charge is 2.37. The number of nitrogens with one attached hydrogen (secondary N) is 1. The molecule has 0 aliphatic carbocycles. The van der Waals surface area contributed by atoms with Crippen molar-refractivity contribution in [3.05, 3.63) is 60.7 Å². The molecule has 120 valence electrons. The standard InChI is InChI=1S/C16H16NO4PS/c18-16-15(11-12-23-16)17-22(19,20-13-7-3-1-4-8-13)21-14-9-5-2-6-10-14/h1-10,15H,11-12H2,(H,17,19)/t15-/m0/s1. The molecule has 0 unspecified atom stereocenters. The van der Waals surface area contributed by atoms with Crippen LogP contribution in [0.1, 0.15) is 6.42 Å². The minimum atomic E-state index is -3.73. The van der Waals surface area contributed by atoms with Gasteiger partial charge in [0.1, 0.15) is 11.5 Å². The summed E-state index contributed by atoms with van der Waals surface area (Å²) in [5.41, 5.74) is 0. The highest BCUT2D eigenvalue weighted by atomic mass is 32.2. The van der Waals surface area contributed by atoms with Crippen molar-refractivity contribution in [1.29, 1.82) is 0 Å². The summed E-state index contributed by atoms with van der Waals surface area (Å²) in [6, 6.07) is 17.0. The molecule has 0 radical (unpaired) electrons. The molecule has 2 aromatic carbocycles. The van der Waals surface area contributed by atoms with E-state index in [1.807, 2.05) is 12.1 Å². The predicted molar refractivity (Wildman–Crippen MR) is 90.8 cm³/mol. The van der Waals surface area contributed by atoms with Crippen LogP contribution in [0.3, 0.4) is 0 Å². The lowest BCUT2D eigenvalue weighted by Gasteiger charge is -2.22. The second kappa shape index (κ2) is 7.21. The highest BCUT2D eigenvalue weighted by molar-refractivity contribution is 8.14. The lowest BCUT2D eigenvalue weighted by atomic mass is 10.3. The molecular formula is C16H16NO4PS. The van der Waals surface area contributed by atoms with Gasteiger partial charge in [-0.1, -0.05) is 48.2 Å². The Bertz CT molecular complexity index is 665. The average Bonchev–Trinajstić information content (AvgIpc) is 2.93. The summed E-state index contributed by atoms with van der Waals surface area (Å²) in [5.74, 6) is 1.53. The van der Waals surface area contributed by atoms with Crippen LogP contribution in [-0.2, 0) is 9.36 Å². The molecule has 0 saturated carbocycles. The number of hydrogen-bond acceptors (Lipinski definition) is 5. The Morgan fingerprint density at radius 2 is 1.48 bits per heavy atom. The van der Waals surface area contributed by atoms with Crippen molar-refractivity contribution in [3.8, 4) is 11.5 Å². The van der Waals surface area contributed by atoms with E-state index in [9.17, 15) is 9.36 Å². The van der Waals surface area contributed by atoms with Crippen molar-refractivity contribution in [2.75, 3.05) is 5.75 Å². The van der Waals surface area contributed by atoms with Gasteiger partial charge in [-0.05, 0) is 30.7 Å². The Labute approximate surface area is 139 Å². The van der Waals surface area contributed by atoms with Crippen LogP contribution in [0, 0.1) is 0 Å². The van der Waals surface area contributed by atoms with Crippen molar-refractivity contribution in [3.63, 3.8) is 0 Å². The van der Waals surface area contributed by atoms with Gasteiger partial charge in [0.05, 0.1) is 6.04 Å². The summed E-state index contributed by atoms with van der Waals surface area (Å²) in [5, 5.41) is 2.74. The van der Waals surface area contributed by atoms with Gasteiger partial charge in [-0.15, -0.1) is 0 Å². The van der Waals surface area contributed by atoms with Crippen LogP contribution >= 0.6 is 19.5 Å². The molecule has 1 fully saturated rings.